The average molecular weight is 304 g/mol. The van der Waals surface area contributed by atoms with Crippen LogP contribution in [0.4, 0.5) is 16.2 Å². The van der Waals surface area contributed by atoms with E-state index in [1.165, 1.54) is 25.0 Å². The van der Waals surface area contributed by atoms with Gasteiger partial charge in [-0.3, -0.25) is 10.1 Å². The summed E-state index contributed by atoms with van der Waals surface area (Å²) < 4.78 is 0. The second-order valence-electron chi connectivity index (χ2n) is 6.09. The van der Waals surface area contributed by atoms with Crippen LogP contribution in [0.15, 0.2) is 24.3 Å². The van der Waals surface area contributed by atoms with Gasteiger partial charge < -0.3 is 15.5 Å². The number of carbonyl (C=O) groups excluding carboxylic acids is 1. The minimum Gasteiger partial charge on any atom is -0.335 e. The van der Waals surface area contributed by atoms with Crippen molar-refractivity contribution in [3.63, 3.8) is 0 Å². The third-order valence-electron chi connectivity index (χ3n) is 4.78. The van der Waals surface area contributed by atoms with E-state index >= 15 is 0 Å². The van der Waals surface area contributed by atoms with E-state index < -0.39 is 4.92 Å². The van der Waals surface area contributed by atoms with Gasteiger partial charge in [0.1, 0.15) is 5.69 Å². The Kier molecular flexibility index (Phi) is 3.98. The Bertz CT molecular complexity index is 578. The fourth-order valence-corrected chi connectivity index (χ4v) is 3.61. The first-order valence-corrected chi connectivity index (χ1v) is 7.57. The fourth-order valence-electron chi connectivity index (χ4n) is 3.61. The molecule has 2 fully saturated rings. The largest absolute Gasteiger partial charge is 0.335 e. The predicted octanol–water partition coefficient (Wildman–Crippen LogP) is 2.34. The van der Waals surface area contributed by atoms with Crippen LogP contribution in [0.5, 0.6) is 0 Å². The van der Waals surface area contributed by atoms with Crippen molar-refractivity contribution in [3.05, 3.63) is 34.4 Å². The molecule has 2 aliphatic rings. The van der Waals surface area contributed by atoms with Gasteiger partial charge in [-0.15, -0.1) is 0 Å². The molecule has 0 aliphatic carbocycles. The van der Waals surface area contributed by atoms with Gasteiger partial charge in [-0.2, -0.15) is 0 Å². The zero-order chi connectivity index (χ0) is 15.7. The van der Waals surface area contributed by atoms with E-state index in [2.05, 4.69) is 22.6 Å². The van der Waals surface area contributed by atoms with Crippen LogP contribution >= 0.6 is 0 Å². The standard InChI is InChI=1S/C15H20N4O3/c1-18-11-6-7-12(18)9-10(8-11)16-15(20)17-13-4-2-3-5-14(13)19(21)22/h2-5,10-12H,6-9H2,1H3,(H2,16,17,20). The van der Waals surface area contributed by atoms with Crippen LogP contribution in [-0.4, -0.2) is 41.0 Å². The van der Waals surface area contributed by atoms with Crippen LogP contribution in [0, 0.1) is 10.1 Å². The topological polar surface area (TPSA) is 87.5 Å². The van der Waals surface area contributed by atoms with Gasteiger partial charge in [0.15, 0.2) is 0 Å². The molecule has 1 aromatic carbocycles. The summed E-state index contributed by atoms with van der Waals surface area (Å²) in [5.74, 6) is 0. The lowest BCUT2D eigenvalue weighted by atomic mass is 9.98. The van der Waals surface area contributed by atoms with Gasteiger partial charge in [0.25, 0.3) is 5.69 Å². The van der Waals surface area contributed by atoms with E-state index in [-0.39, 0.29) is 23.4 Å². The number of piperidine rings is 1. The summed E-state index contributed by atoms with van der Waals surface area (Å²) >= 11 is 0. The van der Waals surface area contributed by atoms with Gasteiger partial charge in [0, 0.05) is 24.2 Å². The van der Waals surface area contributed by atoms with Crippen LogP contribution in [0.1, 0.15) is 25.7 Å². The van der Waals surface area contributed by atoms with Crippen LogP contribution in [0.2, 0.25) is 0 Å². The van der Waals surface area contributed by atoms with Crippen LogP contribution < -0.4 is 10.6 Å². The summed E-state index contributed by atoms with van der Waals surface area (Å²) in [5.41, 5.74) is 0.127. The van der Waals surface area contributed by atoms with E-state index in [4.69, 9.17) is 0 Å². The summed E-state index contributed by atoms with van der Waals surface area (Å²) in [5, 5.41) is 16.5. The number of urea groups is 1. The van der Waals surface area contributed by atoms with Crippen molar-refractivity contribution < 1.29 is 9.72 Å². The average Bonchev–Trinajstić information content (AvgIpc) is 2.70. The molecule has 7 heteroatoms. The van der Waals surface area contributed by atoms with E-state index in [0.29, 0.717) is 12.1 Å². The fraction of sp³-hybridized carbons (Fsp3) is 0.533. The number of para-hydroxylation sites is 2. The van der Waals surface area contributed by atoms with Gasteiger partial charge in [-0.05, 0) is 38.8 Å². The molecular weight excluding hydrogens is 284 g/mol. The molecule has 0 spiro atoms. The number of fused-ring (bicyclic) bond motifs is 2. The van der Waals surface area contributed by atoms with Gasteiger partial charge in [-0.25, -0.2) is 4.79 Å². The predicted molar refractivity (Wildman–Crippen MR) is 82.8 cm³/mol. The number of amides is 2. The molecule has 0 radical (unpaired) electrons. The highest BCUT2D eigenvalue weighted by Crippen LogP contribution is 2.34. The minimum absolute atomic E-state index is 0.0962. The molecule has 1 aromatic rings. The molecule has 2 heterocycles. The molecular formula is C15H20N4O3. The Morgan fingerprint density at radius 1 is 1.27 bits per heavy atom. The molecule has 2 unspecified atom stereocenters. The van der Waals surface area contributed by atoms with E-state index in [1.807, 2.05) is 0 Å². The normalized spacial score (nSPS) is 27.4. The van der Waals surface area contributed by atoms with Crippen molar-refractivity contribution in [2.75, 3.05) is 12.4 Å². The van der Waals surface area contributed by atoms with Crippen LogP contribution in [-0.2, 0) is 0 Å². The lowest BCUT2D eigenvalue weighted by Crippen LogP contribution is -2.49. The molecule has 2 amide bonds. The third kappa shape index (κ3) is 2.89. The number of nitrogens with one attached hydrogen (secondary N) is 2. The number of nitro groups is 1. The van der Waals surface area contributed by atoms with Crippen molar-refractivity contribution in [1.29, 1.82) is 0 Å². The van der Waals surface area contributed by atoms with E-state index in [9.17, 15) is 14.9 Å². The van der Waals surface area contributed by atoms with Crippen molar-refractivity contribution in [2.45, 2.75) is 43.8 Å². The SMILES string of the molecule is CN1C2CCC1CC(NC(=O)Nc1ccccc1[N+](=O)[O-])C2. The molecule has 2 saturated heterocycles. The van der Waals surface area contributed by atoms with Crippen LogP contribution in [0.25, 0.3) is 0 Å². The number of hydrogen-bond acceptors (Lipinski definition) is 4. The van der Waals surface area contributed by atoms with Crippen LogP contribution in [0.3, 0.4) is 0 Å². The quantitative estimate of drug-likeness (QED) is 0.663. The highest BCUT2D eigenvalue weighted by molar-refractivity contribution is 5.91. The summed E-state index contributed by atoms with van der Waals surface area (Å²) in [6.45, 7) is 0. The number of nitro benzene ring substituents is 1. The van der Waals surface area contributed by atoms with Crippen molar-refractivity contribution in [3.8, 4) is 0 Å². The number of anilines is 1. The molecule has 2 bridgehead atoms. The number of carbonyl (C=O) groups is 1. The third-order valence-corrected chi connectivity index (χ3v) is 4.78. The Morgan fingerprint density at radius 3 is 2.55 bits per heavy atom. The summed E-state index contributed by atoms with van der Waals surface area (Å²) in [4.78, 5) is 25.0. The number of hydrogen-bond donors (Lipinski definition) is 2. The zero-order valence-electron chi connectivity index (χ0n) is 12.5. The van der Waals surface area contributed by atoms with Gasteiger partial charge >= 0.3 is 6.03 Å². The van der Waals surface area contributed by atoms with Gasteiger partial charge in [0.05, 0.1) is 4.92 Å². The first-order valence-electron chi connectivity index (χ1n) is 7.57. The second kappa shape index (κ2) is 5.92. The molecule has 2 aliphatic heterocycles. The molecule has 0 aromatic heterocycles. The summed E-state index contributed by atoms with van der Waals surface area (Å²) in [6.07, 6.45) is 4.25. The molecule has 2 atom stereocenters. The zero-order valence-corrected chi connectivity index (χ0v) is 12.5. The number of rotatable bonds is 3. The Hall–Kier alpha value is -2.15. The maximum absolute atomic E-state index is 12.1. The smallest absolute Gasteiger partial charge is 0.319 e. The highest BCUT2D eigenvalue weighted by atomic mass is 16.6. The Morgan fingerprint density at radius 2 is 1.91 bits per heavy atom. The van der Waals surface area contributed by atoms with Gasteiger partial charge in [-0.1, -0.05) is 12.1 Å². The summed E-state index contributed by atoms with van der Waals surface area (Å²) in [7, 11) is 2.14. The minimum atomic E-state index is -0.495. The molecule has 0 saturated carbocycles. The Labute approximate surface area is 128 Å². The lowest BCUT2D eigenvalue weighted by molar-refractivity contribution is -0.383. The van der Waals surface area contributed by atoms with E-state index in [0.717, 1.165) is 12.8 Å². The van der Waals surface area contributed by atoms with Crippen molar-refractivity contribution >= 4 is 17.4 Å². The first-order chi connectivity index (χ1) is 10.5. The molecule has 2 N–H and O–H groups in total. The van der Waals surface area contributed by atoms with Gasteiger partial charge in [0.2, 0.25) is 0 Å². The second-order valence-corrected chi connectivity index (χ2v) is 6.09. The van der Waals surface area contributed by atoms with Crippen molar-refractivity contribution in [1.82, 2.24) is 10.2 Å². The first kappa shape index (κ1) is 14.8. The number of benzene rings is 1. The molecule has 3 rings (SSSR count). The lowest BCUT2D eigenvalue weighted by Gasteiger charge is -2.36. The Balaban J connectivity index is 1.61. The van der Waals surface area contributed by atoms with Crippen molar-refractivity contribution in [2.24, 2.45) is 0 Å². The molecule has 22 heavy (non-hydrogen) atoms. The monoisotopic (exact) mass is 304 g/mol. The highest BCUT2D eigenvalue weighted by Gasteiger charge is 2.38. The molecule has 118 valence electrons. The maximum Gasteiger partial charge on any atom is 0.319 e. The molecule has 7 nitrogen and oxygen atoms in total. The van der Waals surface area contributed by atoms with E-state index in [1.54, 1.807) is 12.1 Å². The maximum atomic E-state index is 12.1. The number of nitrogens with zero attached hydrogens (tertiary/aromatic N) is 2. The summed E-state index contributed by atoms with van der Waals surface area (Å²) in [6, 6.07) is 7.00.